The first-order valence-corrected chi connectivity index (χ1v) is 6.85. The topological polar surface area (TPSA) is 55.8 Å². The molecule has 5 nitrogen and oxygen atoms in total. The van der Waals surface area contributed by atoms with Gasteiger partial charge >= 0.3 is 5.97 Å². The average Bonchev–Trinajstić information content (AvgIpc) is 2.50. The van der Waals surface area contributed by atoms with Gasteiger partial charge in [-0.25, -0.2) is 5.06 Å². The van der Waals surface area contributed by atoms with Crippen LogP contribution in [-0.2, 0) is 25.7 Å². The summed E-state index contributed by atoms with van der Waals surface area (Å²) in [7, 11) is 0. The van der Waals surface area contributed by atoms with Crippen LogP contribution in [0, 0.1) is 5.41 Å². The molecule has 1 atom stereocenters. The highest BCUT2D eigenvalue weighted by Gasteiger charge is 2.48. The van der Waals surface area contributed by atoms with Crippen LogP contribution in [0.4, 0.5) is 0 Å². The second-order valence-electron chi connectivity index (χ2n) is 5.13. The normalized spacial score (nSPS) is 22.0. The van der Waals surface area contributed by atoms with Crippen molar-refractivity contribution in [2.75, 3.05) is 13.2 Å². The second-order valence-corrected chi connectivity index (χ2v) is 5.13. The van der Waals surface area contributed by atoms with Gasteiger partial charge < -0.3 is 4.74 Å². The van der Waals surface area contributed by atoms with Gasteiger partial charge in [0.1, 0.15) is 12.0 Å². The molecule has 0 spiro atoms. The number of hydrogen-bond donors (Lipinski definition) is 0. The second kappa shape index (κ2) is 6.54. The third-order valence-corrected chi connectivity index (χ3v) is 3.50. The molecule has 1 aromatic carbocycles. The zero-order valence-corrected chi connectivity index (χ0v) is 12.1. The highest BCUT2D eigenvalue weighted by atomic mass is 16.7. The molecule has 0 radical (unpaired) electrons. The minimum absolute atomic E-state index is 0.0985. The van der Waals surface area contributed by atoms with Gasteiger partial charge in [0.2, 0.25) is 0 Å². The number of rotatable bonds is 5. The Morgan fingerprint density at radius 1 is 1.48 bits per heavy atom. The summed E-state index contributed by atoms with van der Waals surface area (Å²) < 4.78 is 5.04. The van der Waals surface area contributed by atoms with Crippen molar-refractivity contribution in [3.05, 3.63) is 48.6 Å². The zero-order chi connectivity index (χ0) is 15.3. The smallest absolute Gasteiger partial charge is 0.321 e. The number of carbonyl (C=O) groups is 2. The first-order chi connectivity index (χ1) is 10.1. The number of hydrogen-bond acceptors (Lipinski definition) is 4. The van der Waals surface area contributed by atoms with Crippen molar-refractivity contribution >= 4 is 11.9 Å². The van der Waals surface area contributed by atoms with E-state index in [-0.39, 0.29) is 12.5 Å². The van der Waals surface area contributed by atoms with Crippen LogP contribution in [0.15, 0.2) is 43.0 Å². The summed E-state index contributed by atoms with van der Waals surface area (Å²) in [6.07, 6.45) is 1.79. The Labute approximate surface area is 124 Å². The van der Waals surface area contributed by atoms with Crippen LogP contribution < -0.4 is 0 Å². The van der Waals surface area contributed by atoms with Crippen molar-refractivity contribution in [2.24, 2.45) is 5.41 Å². The standard InChI is InChI=1S/C16H19NO4/c1-3-10-20-15(19)16(2)9-11-21-17(14(16)18)12-13-7-5-4-6-8-13/h3-8H,1,9-12H2,2H3. The number of esters is 1. The number of nitrogens with zero attached hydrogens (tertiary/aromatic N) is 1. The zero-order valence-electron chi connectivity index (χ0n) is 12.1. The Bertz CT molecular complexity index is 528. The molecule has 0 bridgehead atoms. The van der Waals surface area contributed by atoms with Crippen LogP contribution in [0.25, 0.3) is 0 Å². The van der Waals surface area contributed by atoms with E-state index in [1.165, 1.54) is 11.1 Å². The van der Waals surface area contributed by atoms with Gasteiger partial charge in [-0.15, -0.1) is 0 Å². The molecule has 21 heavy (non-hydrogen) atoms. The minimum atomic E-state index is -1.20. The van der Waals surface area contributed by atoms with Gasteiger partial charge in [0.05, 0.1) is 13.2 Å². The minimum Gasteiger partial charge on any atom is -0.461 e. The summed E-state index contributed by atoms with van der Waals surface area (Å²) >= 11 is 0. The summed E-state index contributed by atoms with van der Waals surface area (Å²) in [5, 5.41) is 1.24. The SMILES string of the molecule is C=CCOC(=O)C1(C)CCON(Cc2ccccc2)C1=O. The van der Waals surface area contributed by atoms with Gasteiger partial charge in [-0.2, -0.15) is 0 Å². The van der Waals surface area contributed by atoms with E-state index >= 15 is 0 Å². The molecule has 5 heteroatoms. The fourth-order valence-corrected chi connectivity index (χ4v) is 2.15. The van der Waals surface area contributed by atoms with E-state index in [1.807, 2.05) is 30.3 Å². The van der Waals surface area contributed by atoms with Gasteiger partial charge in [-0.1, -0.05) is 43.0 Å². The predicted molar refractivity (Wildman–Crippen MR) is 76.8 cm³/mol. The molecule has 1 fully saturated rings. The lowest BCUT2D eigenvalue weighted by atomic mass is 9.85. The molecule has 0 aliphatic carbocycles. The van der Waals surface area contributed by atoms with Crippen molar-refractivity contribution in [1.29, 1.82) is 0 Å². The largest absolute Gasteiger partial charge is 0.461 e. The molecule has 1 aliphatic rings. The van der Waals surface area contributed by atoms with Crippen LogP contribution in [-0.4, -0.2) is 30.2 Å². The average molecular weight is 289 g/mol. The van der Waals surface area contributed by atoms with E-state index in [4.69, 9.17) is 9.57 Å². The molecule has 0 aromatic heterocycles. The molecular formula is C16H19NO4. The third-order valence-electron chi connectivity index (χ3n) is 3.50. The molecule has 1 aliphatic heterocycles. The van der Waals surface area contributed by atoms with Crippen LogP contribution in [0.5, 0.6) is 0 Å². The monoisotopic (exact) mass is 289 g/mol. The molecule has 2 rings (SSSR count). The van der Waals surface area contributed by atoms with Crippen molar-refractivity contribution in [3.63, 3.8) is 0 Å². The van der Waals surface area contributed by atoms with Crippen LogP contribution >= 0.6 is 0 Å². The lowest BCUT2D eigenvalue weighted by Crippen LogP contribution is -2.52. The van der Waals surface area contributed by atoms with Crippen molar-refractivity contribution in [1.82, 2.24) is 5.06 Å². The van der Waals surface area contributed by atoms with Gasteiger partial charge in [0, 0.05) is 0 Å². The third kappa shape index (κ3) is 3.31. The summed E-state index contributed by atoms with van der Waals surface area (Å²) in [6, 6.07) is 9.49. The maximum Gasteiger partial charge on any atom is 0.321 e. The first-order valence-electron chi connectivity index (χ1n) is 6.85. The Kier molecular flexibility index (Phi) is 4.75. The van der Waals surface area contributed by atoms with Crippen molar-refractivity contribution in [2.45, 2.75) is 19.9 Å². The molecule has 1 amide bonds. The number of ether oxygens (including phenoxy) is 1. The molecule has 1 heterocycles. The highest BCUT2D eigenvalue weighted by molar-refractivity contribution is 6.02. The Morgan fingerprint density at radius 2 is 2.19 bits per heavy atom. The fourth-order valence-electron chi connectivity index (χ4n) is 2.15. The van der Waals surface area contributed by atoms with Gasteiger partial charge in [-0.05, 0) is 18.9 Å². The lowest BCUT2D eigenvalue weighted by Gasteiger charge is -2.36. The highest BCUT2D eigenvalue weighted by Crippen LogP contribution is 2.31. The summed E-state index contributed by atoms with van der Waals surface area (Å²) in [5.41, 5.74) is -0.259. The van der Waals surface area contributed by atoms with E-state index in [9.17, 15) is 9.59 Å². The quantitative estimate of drug-likeness (QED) is 0.473. The van der Waals surface area contributed by atoms with E-state index < -0.39 is 11.4 Å². The Hall–Kier alpha value is -2.14. The maximum atomic E-state index is 12.5. The van der Waals surface area contributed by atoms with Gasteiger partial charge in [-0.3, -0.25) is 14.4 Å². The summed E-state index contributed by atoms with van der Waals surface area (Å²) in [5.74, 6) is -0.902. The molecular weight excluding hydrogens is 270 g/mol. The molecule has 1 saturated heterocycles. The van der Waals surface area contributed by atoms with Crippen LogP contribution in [0.1, 0.15) is 18.9 Å². The van der Waals surface area contributed by atoms with Crippen LogP contribution in [0.3, 0.4) is 0 Å². The Morgan fingerprint density at radius 3 is 2.86 bits per heavy atom. The van der Waals surface area contributed by atoms with Crippen LogP contribution in [0.2, 0.25) is 0 Å². The number of benzene rings is 1. The number of hydroxylamine groups is 2. The van der Waals surface area contributed by atoms with Gasteiger partial charge in [0.25, 0.3) is 5.91 Å². The van der Waals surface area contributed by atoms with E-state index in [2.05, 4.69) is 6.58 Å². The molecule has 0 saturated carbocycles. The molecule has 1 aromatic rings. The number of amides is 1. The summed E-state index contributed by atoms with van der Waals surface area (Å²) in [6.45, 7) is 5.80. The molecule has 112 valence electrons. The van der Waals surface area contributed by atoms with E-state index in [0.29, 0.717) is 19.6 Å². The van der Waals surface area contributed by atoms with Crippen molar-refractivity contribution in [3.8, 4) is 0 Å². The molecule has 1 unspecified atom stereocenters. The predicted octanol–water partition coefficient (Wildman–Crippen LogP) is 2.09. The van der Waals surface area contributed by atoms with Crippen molar-refractivity contribution < 1.29 is 19.2 Å². The summed E-state index contributed by atoms with van der Waals surface area (Å²) in [4.78, 5) is 30.0. The lowest BCUT2D eigenvalue weighted by molar-refractivity contribution is -0.223. The van der Waals surface area contributed by atoms with E-state index in [0.717, 1.165) is 5.56 Å². The first kappa shape index (κ1) is 15.3. The molecule has 0 N–H and O–H groups in total. The maximum absolute atomic E-state index is 12.5. The van der Waals surface area contributed by atoms with Gasteiger partial charge in [0.15, 0.2) is 0 Å². The fraction of sp³-hybridized carbons (Fsp3) is 0.375. The number of carbonyl (C=O) groups excluding carboxylic acids is 2. The Balaban J connectivity index is 2.10. The van der Waals surface area contributed by atoms with E-state index in [1.54, 1.807) is 6.92 Å².